The van der Waals surface area contributed by atoms with Crippen molar-refractivity contribution in [2.45, 2.75) is 19.0 Å². The second-order valence-electron chi connectivity index (χ2n) is 7.29. The lowest BCUT2D eigenvalue weighted by molar-refractivity contribution is -0.189. The van der Waals surface area contributed by atoms with E-state index >= 15 is 0 Å². The van der Waals surface area contributed by atoms with E-state index in [1.54, 1.807) is 18.2 Å². The summed E-state index contributed by atoms with van der Waals surface area (Å²) in [5, 5.41) is 8.83. The number of hydrogen-bond donors (Lipinski definition) is 3. The molecular formula is C23H24F3N3O3. The molecule has 9 heteroatoms. The van der Waals surface area contributed by atoms with Gasteiger partial charge in [0, 0.05) is 12.2 Å². The molecule has 6 nitrogen and oxygen atoms in total. The van der Waals surface area contributed by atoms with E-state index in [2.05, 4.69) is 20.7 Å². The van der Waals surface area contributed by atoms with Gasteiger partial charge in [0.25, 0.3) is 5.91 Å². The minimum Gasteiger partial charge on any atom is -0.419 e. The van der Waals surface area contributed by atoms with Gasteiger partial charge in [0.15, 0.2) is 0 Å². The molecule has 1 aliphatic heterocycles. The molecule has 3 rings (SSSR count). The molecule has 0 aromatic heterocycles. The van der Waals surface area contributed by atoms with E-state index in [4.69, 9.17) is 0 Å². The van der Waals surface area contributed by atoms with Crippen LogP contribution in [0.25, 0.3) is 5.57 Å². The Hall–Kier alpha value is -3.17. The summed E-state index contributed by atoms with van der Waals surface area (Å²) in [6.45, 7) is 2.15. The van der Waals surface area contributed by atoms with E-state index in [9.17, 15) is 22.8 Å². The van der Waals surface area contributed by atoms with Crippen molar-refractivity contribution < 1.29 is 27.5 Å². The van der Waals surface area contributed by atoms with Gasteiger partial charge in [-0.15, -0.1) is 0 Å². The number of amides is 1. The fourth-order valence-electron chi connectivity index (χ4n) is 3.26. The van der Waals surface area contributed by atoms with E-state index in [0.29, 0.717) is 24.2 Å². The van der Waals surface area contributed by atoms with Crippen LogP contribution in [0.2, 0.25) is 0 Å². The number of rotatable bonds is 7. The smallest absolute Gasteiger partial charge is 0.419 e. The number of hydrogen-bond acceptors (Lipinski definition) is 5. The van der Waals surface area contributed by atoms with Gasteiger partial charge in [-0.3, -0.25) is 4.79 Å². The summed E-state index contributed by atoms with van der Waals surface area (Å²) in [5.74, 6) is -3.49. The van der Waals surface area contributed by atoms with Gasteiger partial charge in [-0.2, -0.15) is 13.2 Å². The number of anilines is 1. The van der Waals surface area contributed by atoms with Crippen LogP contribution in [0, 0.1) is 0 Å². The Labute approximate surface area is 183 Å². The molecule has 1 heterocycles. The van der Waals surface area contributed by atoms with Gasteiger partial charge < -0.3 is 20.7 Å². The molecule has 2 aromatic carbocycles. The maximum absolute atomic E-state index is 12.8. The monoisotopic (exact) mass is 447 g/mol. The van der Waals surface area contributed by atoms with Crippen molar-refractivity contribution in [1.82, 2.24) is 10.6 Å². The van der Waals surface area contributed by atoms with Crippen LogP contribution >= 0.6 is 0 Å². The molecule has 0 atom stereocenters. The highest BCUT2D eigenvalue weighted by molar-refractivity contribution is 6.07. The van der Waals surface area contributed by atoms with Gasteiger partial charge in [0.05, 0.1) is 5.56 Å². The lowest BCUT2D eigenvalue weighted by Gasteiger charge is -2.17. The van der Waals surface area contributed by atoms with E-state index in [1.807, 2.05) is 25.3 Å². The normalized spacial score (nSPS) is 13.9. The quantitative estimate of drug-likeness (QED) is 0.447. The Morgan fingerprint density at radius 2 is 1.88 bits per heavy atom. The van der Waals surface area contributed by atoms with E-state index in [1.165, 1.54) is 12.1 Å². The van der Waals surface area contributed by atoms with Crippen LogP contribution in [0.15, 0.2) is 48.5 Å². The highest BCUT2D eigenvalue weighted by Crippen LogP contribution is 2.30. The molecule has 2 aromatic rings. The van der Waals surface area contributed by atoms with E-state index in [-0.39, 0.29) is 5.56 Å². The molecule has 0 saturated carbocycles. The number of carbonyl (C=O) groups is 2. The number of ether oxygens (including phenoxy) is 1. The van der Waals surface area contributed by atoms with Crippen LogP contribution in [0.4, 0.5) is 18.9 Å². The molecule has 1 amide bonds. The number of alkyl halides is 3. The average Bonchev–Trinajstić information content (AvgIpc) is 2.78. The van der Waals surface area contributed by atoms with Crippen LogP contribution in [0.1, 0.15) is 27.9 Å². The Balaban J connectivity index is 1.85. The molecule has 1 aliphatic rings. The number of esters is 1. The van der Waals surface area contributed by atoms with Crippen molar-refractivity contribution in [1.29, 1.82) is 0 Å². The van der Waals surface area contributed by atoms with Gasteiger partial charge in [0.1, 0.15) is 5.75 Å². The van der Waals surface area contributed by atoms with Crippen molar-refractivity contribution in [3.8, 4) is 5.75 Å². The fourth-order valence-corrected chi connectivity index (χ4v) is 3.26. The molecule has 0 fully saturated rings. The van der Waals surface area contributed by atoms with Crippen molar-refractivity contribution in [3.05, 3.63) is 65.2 Å². The molecular weight excluding hydrogens is 423 g/mol. The molecule has 32 heavy (non-hydrogen) atoms. The first kappa shape index (κ1) is 23.5. The molecule has 0 bridgehead atoms. The second-order valence-corrected chi connectivity index (χ2v) is 7.29. The highest BCUT2D eigenvalue weighted by Gasteiger charge is 2.42. The van der Waals surface area contributed by atoms with Crippen LogP contribution in [0.5, 0.6) is 5.75 Å². The Kier molecular flexibility index (Phi) is 7.66. The van der Waals surface area contributed by atoms with Crippen molar-refractivity contribution in [2.24, 2.45) is 0 Å². The number of halogens is 3. The summed E-state index contributed by atoms with van der Waals surface area (Å²) in [4.78, 5) is 24.3. The van der Waals surface area contributed by atoms with E-state index in [0.717, 1.165) is 30.6 Å². The fraction of sp³-hybridized carbons (Fsp3) is 0.304. The second kappa shape index (κ2) is 10.4. The number of benzene rings is 2. The molecule has 3 N–H and O–H groups in total. The summed E-state index contributed by atoms with van der Waals surface area (Å²) < 4.78 is 43.0. The average molecular weight is 447 g/mol. The first-order valence-electron chi connectivity index (χ1n) is 10.2. The largest absolute Gasteiger partial charge is 0.491 e. The summed E-state index contributed by atoms with van der Waals surface area (Å²) in [6, 6.07) is 11.4. The molecule has 0 saturated heterocycles. The molecule has 0 radical (unpaired) electrons. The van der Waals surface area contributed by atoms with E-state index < -0.39 is 23.8 Å². The van der Waals surface area contributed by atoms with Gasteiger partial charge in [-0.05, 0) is 73.9 Å². The zero-order chi connectivity index (χ0) is 23.1. The van der Waals surface area contributed by atoms with Gasteiger partial charge in [-0.1, -0.05) is 24.3 Å². The lowest BCUT2D eigenvalue weighted by atomic mass is 9.98. The van der Waals surface area contributed by atoms with Crippen molar-refractivity contribution in [2.75, 3.05) is 32.0 Å². The topological polar surface area (TPSA) is 79.5 Å². The maximum Gasteiger partial charge on any atom is 0.491 e. The predicted molar refractivity (Wildman–Crippen MR) is 116 cm³/mol. The molecule has 170 valence electrons. The Morgan fingerprint density at radius 3 is 2.50 bits per heavy atom. The summed E-state index contributed by atoms with van der Waals surface area (Å²) >= 11 is 0. The van der Waals surface area contributed by atoms with Gasteiger partial charge >= 0.3 is 12.1 Å². The molecule has 0 spiro atoms. The lowest BCUT2D eigenvalue weighted by Crippen LogP contribution is -2.29. The third-order valence-corrected chi connectivity index (χ3v) is 4.97. The zero-order valence-electron chi connectivity index (χ0n) is 17.5. The Morgan fingerprint density at radius 1 is 1.12 bits per heavy atom. The highest BCUT2D eigenvalue weighted by atomic mass is 19.4. The van der Waals surface area contributed by atoms with Crippen molar-refractivity contribution >= 4 is 23.1 Å². The van der Waals surface area contributed by atoms with Gasteiger partial charge in [-0.25, -0.2) is 4.79 Å². The summed E-state index contributed by atoms with van der Waals surface area (Å²) in [5.41, 5.74) is 2.87. The third-order valence-electron chi connectivity index (χ3n) is 4.97. The molecule has 0 aliphatic carbocycles. The summed E-state index contributed by atoms with van der Waals surface area (Å²) in [6.07, 6.45) is -1.79. The first-order valence-corrected chi connectivity index (χ1v) is 10.2. The standard InChI is InChI=1S/C23H24F3N3O3/c1-27-11-8-15-2-5-18(6-3-15)29-21(30)19-7-4-17(16-9-12-28-13-10-16)14-20(19)32-22(31)23(24,25)26/h2-7,9,14,27-28H,8,10-13H2,1H3,(H,29,30). The minimum atomic E-state index is -5.18. The van der Waals surface area contributed by atoms with Crippen LogP contribution in [0.3, 0.4) is 0 Å². The third kappa shape index (κ3) is 6.18. The van der Waals surface area contributed by atoms with Crippen LogP contribution < -0.4 is 20.7 Å². The maximum atomic E-state index is 12.8. The first-order chi connectivity index (χ1) is 15.3. The zero-order valence-corrected chi connectivity index (χ0v) is 17.5. The Bertz CT molecular complexity index is 1000. The number of nitrogens with one attached hydrogen (secondary N) is 3. The molecule has 0 unspecified atom stereocenters. The van der Waals surface area contributed by atoms with Gasteiger partial charge in [0.2, 0.25) is 0 Å². The minimum absolute atomic E-state index is 0.167. The summed E-state index contributed by atoms with van der Waals surface area (Å²) in [7, 11) is 1.85. The van der Waals surface area contributed by atoms with Crippen molar-refractivity contribution in [3.63, 3.8) is 0 Å². The van der Waals surface area contributed by atoms with Crippen LogP contribution in [-0.2, 0) is 11.2 Å². The SMILES string of the molecule is CNCCc1ccc(NC(=O)c2ccc(C3=CCNCC3)cc2OC(=O)C(F)(F)F)cc1. The number of carbonyl (C=O) groups excluding carboxylic acids is 2. The van der Waals surface area contributed by atoms with Crippen LogP contribution in [-0.4, -0.2) is 44.7 Å². The predicted octanol–water partition coefficient (Wildman–Crippen LogP) is 3.55. The number of likely N-dealkylation sites (N-methyl/N-ethyl adjacent to an activating group) is 1.